The lowest BCUT2D eigenvalue weighted by Crippen LogP contribution is -2.37. The summed E-state index contributed by atoms with van der Waals surface area (Å²) in [6.07, 6.45) is 1.72. The average molecular weight is 304 g/mol. The van der Waals surface area contributed by atoms with Crippen LogP contribution >= 0.6 is 15.9 Å². The van der Waals surface area contributed by atoms with E-state index in [4.69, 9.17) is 0 Å². The van der Waals surface area contributed by atoms with Gasteiger partial charge in [0.25, 0.3) is 0 Å². The summed E-state index contributed by atoms with van der Waals surface area (Å²) < 4.78 is 13.6. The van der Waals surface area contributed by atoms with Crippen molar-refractivity contribution in [1.82, 2.24) is 5.32 Å². The molecule has 2 N–H and O–H groups in total. The number of hydrogen-bond acceptors (Lipinski definition) is 2. The Morgan fingerprint density at radius 2 is 2.18 bits per heavy atom. The minimum atomic E-state index is -0.679. The van der Waals surface area contributed by atoms with Crippen LogP contribution in [0.4, 0.5) is 4.39 Å². The van der Waals surface area contributed by atoms with E-state index in [-0.39, 0.29) is 5.82 Å². The molecule has 0 saturated carbocycles. The summed E-state index contributed by atoms with van der Waals surface area (Å²) in [5, 5.41) is 13.2. The van der Waals surface area contributed by atoms with Gasteiger partial charge in [-0.3, -0.25) is 0 Å². The molecule has 0 saturated heterocycles. The lowest BCUT2D eigenvalue weighted by atomic mass is 10.0. The maximum absolute atomic E-state index is 12.9. The third kappa shape index (κ3) is 5.15. The van der Waals surface area contributed by atoms with Crippen molar-refractivity contribution in [2.75, 3.05) is 6.54 Å². The number of nitrogens with one attached hydrogen (secondary N) is 1. The van der Waals surface area contributed by atoms with E-state index in [0.717, 1.165) is 22.9 Å². The monoisotopic (exact) mass is 303 g/mol. The summed E-state index contributed by atoms with van der Waals surface area (Å²) in [6, 6.07) is 4.62. The van der Waals surface area contributed by atoms with Crippen molar-refractivity contribution in [3.05, 3.63) is 34.1 Å². The largest absolute Gasteiger partial charge is 0.389 e. The number of rotatable bonds is 6. The molecular weight excluding hydrogens is 285 g/mol. The molecule has 0 spiro atoms. The van der Waals surface area contributed by atoms with Gasteiger partial charge in [0.05, 0.1) is 5.60 Å². The van der Waals surface area contributed by atoms with Crippen LogP contribution in [0, 0.1) is 5.82 Å². The molecule has 2 nitrogen and oxygen atoms in total. The first-order chi connectivity index (χ1) is 7.94. The fraction of sp³-hybridized carbons (Fsp3) is 0.538. The van der Waals surface area contributed by atoms with Crippen LogP contribution in [0.1, 0.15) is 32.3 Å². The van der Waals surface area contributed by atoms with Crippen molar-refractivity contribution < 1.29 is 9.50 Å². The Labute approximate surface area is 110 Å². The van der Waals surface area contributed by atoms with E-state index in [0.29, 0.717) is 13.1 Å². The fourth-order valence-corrected chi connectivity index (χ4v) is 2.25. The number of benzene rings is 1. The summed E-state index contributed by atoms with van der Waals surface area (Å²) in [6.45, 7) is 5.01. The van der Waals surface area contributed by atoms with Gasteiger partial charge in [0.2, 0.25) is 0 Å². The molecule has 0 bridgehead atoms. The molecule has 1 unspecified atom stereocenters. The standard InChI is InChI=1S/C13H19BrFNO/c1-3-6-13(2,17)9-16-8-10-4-5-11(15)7-12(10)14/h4-5,7,16-17H,3,6,8-9H2,1-2H3. The van der Waals surface area contributed by atoms with Crippen molar-refractivity contribution in [3.63, 3.8) is 0 Å². The van der Waals surface area contributed by atoms with E-state index >= 15 is 0 Å². The van der Waals surface area contributed by atoms with Gasteiger partial charge in [-0.05, 0) is 31.0 Å². The molecule has 4 heteroatoms. The minimum Gasteiger partial charge on any atom is -0.389 e. The zero-order valence-corrected chi connectivity index (χ0v) is 11.8. The summed E-state index contributed by atoms with van der Waals surface area (Å²) in [4.78, 5) is 0. The Bertz CT molecular complexity index is 368. The van der Waals surface area contributed by atoms with Crippen LogP contribution in [-0.2, 0) is 6.54 Å². The SMILES string of the molecule is CCCC(C)(O)CNCc1ccc(F)cc1Br. The molecule has 0 aromatic heterocycles. The summed E-state index contributed by atoms with van der Waals surface area (Å²) >= 11 is 3.32. The highest BCUT2D eigenvalue weighted by Crippen LogP contribution is 2.18. The van der Waals surface area contributed by atoms with Crippen molar-refractivity contribution >= 4 is 15.9 Å². The van der Waals surface area contributed by atoms with Gasteiger partial charge in [0.15, 0.2) is 0 Å². The van der Waals surface area contributed by atoms with Crippen LogP contribution < -0.4 is 5.32 Å². The highest BCUT2D eigenvalue weighted by molar-refractivity contribution is 9.10. The predicted molar refractivity (Wildman–Crippen MR) is 71.3 cm³/mol. The molecule has 17 heavy (non-hydrogen) atoms. The van der Waals surface area contributed by atoms with E-state index in [1.165, 1.54) is 12.1 Å². The number of hydrogen-bond donors (Lipinski definition) is 2. The first-order valence-corrected chi connectivity index (χ1v) is 6.61. The van der Waals surface area contributed by atoms with Gasteiger partial charge in [0, 0.05) is 17.6 Å². The quantitative estimate of drug-likeness (QED) is 0.846. The Kier molecular flexibility index (Phi) is 5.56. The normalized spacial score (nSPS) is 14.6. The first-order valence-electron chi connectivity index (χ1n) is 5.81. The molecule has 0 radical (unpaired) electrons. The molecule has 1 atom stereocenters. The Balaban J connectivity index is 2.46. The molecule has 1 aromatic carbocycles. The average Bonchev–Trinajstić information content (AvgIpc) is 2.21. The first kappa shape index (κ1) is 14.6. The number of halogens is 2. The Morgan fingerprint density at radius 3 is 2.76 bits per heavy atom. The second-order valence-electron chi connectivity index (χ2n) is 4.59. The van der Waals surface area contributed by atoms with E-state index in [1.54, 1.807) is 6.07 Å². The molecule has 0 heterocycles. The molecule has 0 aliphatic rings. The van der Waals surface area contributed by atoms with Gasteiger partial charge >= 0.3 is 0 Å². The molecule has 0 aliphatic heterocycles. The third-order valence-corrected chi connectivity index (χ3v) is 3.36. The molecular formula is C13H19BrFNO. The van der Waals surface area contributed by atoms with Gasteiger partial charge in [-0.2, -0.15) is 0 Å². The smallest absolute Gasteiger partial charge is 0.124 e. The molecule has 0 fully saturated rings. The highest BCUT2D eigenvalue weighted by atomic mass is 79.9. The summed E-state index contributed by atoms with van der Waals surface area (Å²) in [7, 11) is 0. The highest BCUT2D eigenvalue weighted by Gasteiger charge is 2.18. The summed E-state index contributed by atoms with van der Waals surface area (Å²) in [5.41, 5.74) is 0.306. The topological polar surface area (TPSA) is 32.3 Å². The van der Waals surface area contributed by atoms with Crippen LogP contribution in [0.15, 0.2) is 22.7 Å². The van der Waals surface area contributed by atoms with Gasteiger partial charge < -0.3 is 10.4 Å². The third-order valence-electron chi connectivity index (χ3n) is 2.62. The van der Waals surface area contributed by atoms with Crippen LogP contribution in [-0.4, -0.2) is 17.3 Å². The molecule has 1 aromatic rings. The van der Waals surface area contributed by atoms with Gasteiger partial charge in [-0.15, -0.1) is 0 Å². The second kappa shape index (κ2) is 6.47. The van der Waals surface area contributed by atoms with Crippen LogP contribution in [0.5, 0.6) is 0 Å². The van der Waals surface area contributed by atoms with Crippen molar-refractivity contribution in [3.8, 4) is 0 Å². The molecule has 0 amide bonds. The van der Waals surface area contributed by atoms with Gasteiger partial charge in [0.1, 0.15) is 5.82 Å². The van der Waals surface area contributed by atoms with Crippen LogP contribution in [0.3, 0.4) is 0 Å². The van der Waals surface area contributed by atoms with E-state index in [9.17, 15) is 9.50 Å². The van der Waals surface area contributed by atoms with Crippen LogP contribution in [0.25, 0.3) is 0 Å². The van der Waals surface area contributed by atoms with E-state index < -0.39 is 5.60 Å². The Hall–Kier alpha value is -0.450. The van der Waals surface area contributed by atoms with E-state index in [2.05, 4.69) is 21.2 Å². The Morgan fingerprint density at radius 1 is 1.47 bits per heavy atom. The predicted octanol–water partition coefficient (Wildman–Crippen LogP) is 3.23. The molecule has 96 valence electrons. The zero-order chi connectivity index (χ0) is 12.9. The molecule has 1 rings (SSSR count). The zero-order valence-electron chi connectivity index (χ0n) is 10.3. The maximum Gasteiger partial charge on any atom is 0.124 e. The second-order valence-corrected chi connectivity index (χ2v) is 5.44. The van der Waals surface area contributed by atoms with Crippen molar-refractivity contribution in [2.45, 2.75) is 38.8 Å². The minimum absolute atomic E-state index is 0.251. The molecule has 0 aliphatic carbocycles. The van der Waals surface area contributed by atoms with Gasteiger partial charge in [-0.25, -0.2) is 4.39 Å². The van der Waals surface area contributed by atoms with Crippen LogP contribution in [0.2, 0.25) is 0 Å². The van der Waals surface area contributed by atoms with E-state index in [1.807, 2.05) is 13.8 Å². The van der Waals surface area contributed by atoms with Gasteiger partial charge in [-0.1, -0.05) is 35.3 Å². The lowest BCUT2D eigenvalue weighted by Gasteiger charge is -2.23. The van der Waals surface area contributed by atoms with Crippen molar-refractivity contribution in [1.29, 1.82) is 0 Å². The number of aliphatic hydroxyl groups is 1. The lowest BCUT2D eigenvalue weighted by molar-refractivity contribution is 0.0498. The summed E-state index contributed by atoms with van der Waals surface area (Å²) in [5.74, 6) is -0.251. The van der Waals surface area contributed by atoms with Crippen molar-refractivity contribution in [2.24, 2.45) is 0 Å². The fourth-order valence-electron chi connectivity index (χ4n) is 1.76. The maximum atomic E-state index is 12.9.